The first-order chi connectivity index (χ1) is 4.27. The summed E-state index contributed by atoms with van der Waals surface area (Å²) in [6, 6.07) is 0. The summed E-state index contributed by atoms with van der Waals surface area (Å²) >= 11 is 0. The quantitative estimate of drug-likeness (QED) is 0.167. The minimum absolute atomic E-state index is 0. The zero-order valence-corrected chi connectivity index (χ0v) is 7.27. The Morgan fingerprint density at radius 2 is 1.64 bits per heavy atom. The molecule has 0 saturated carbocycles. The minimum atomic E-state index is -4.97. The van der Waals surface area contributed by atoms with Crippen molar-refractivity contribution in [3.05, 3.63) is 0 Å². The van der Waals surface area contributed by atoms with E-state index in [9.17, 15) is 8.42 Å². The molecule has 0 aliphatic carbocycles. The Balaban J connectivity index is -0.000000135. The molecule has 0 atom stereocenters. The van der Waals surface area contributed by atoms with Gasteiger partial charge in [-0.1, -0.05) is 4.33 Å². The molecule has 10 heteroatoms. The Kier molecular flexibility index (Phi) is 5.72. The average molecular weight is 202 g/mol. The first-order valence-corrected chi connectivity index (χ1v) is 3.06. The van der Waals surface area contributed by atoms with Gasteiger partial charge in [0.2, 0.25) is 0 Å². The van der Waals surface area contributed by atoms with Crippen LogP contribution < -0.4 is 0 Å². The maximum absolute atomic E-state index is 9.84. The molecule has 0 saturated heterocycles. The first kappa shape index (κ1) is 14.0. The second kappa shape index (κ2) is 4.49. The fraction of sp³-hybridized carbons (Fsp3) is 1.00. The molecular formula is CH6MgO8S. The maximum Gasteiger partial charge on any atom is 2.00 e. The van der Waals surface area contributed by atoms with Crippen LogP contribution in [0, 0.1) is 0 Å². The summed E-state index contributed by atoms with van der Waals surface area (Å²) in [5.74, 6) is 0. The van der Waals surface area contributed by atoms with Crippen molar-refractivity contribution in [2.75, 3.05) is 0 Å². The van der Waals surface area contributed by atoms with Gasteiger partial charge in [-0.2, -0.15) is 12.6 Å². The Bertz CT molecular complexity index is 195. The fourth-order valence-electron chi connectivity index (χ4n) is 0.152. The van der Waals surface area contributed by atoms with Crippen LogP contribution in [0.25, 0.3) is 0 Å². The van der Waals surface area contributed by atoms with Crippen LogP contribution >= 0.6 is 0 Å². The van der Waals surface area contributed by atoms with Gasteiger partial charge >= 0.3 is 39.6 Å². The molecule has 0 aromatic carbocycles. The summed E-state index contributed by atoms with van der Waals surface area (Å²) in [5.41, 5.74) is 0. The molecule has 0 aromatic heterocycles. The number of hydrogen-bond acceptors (Lipinski definition) is 8. The van der Waals surface area contributed by atoms with Gasteiger partial charge in [0.25, 0.3) is 0 Å². The van der Waals surface area contributed by atoms with E-state index in [1.807, 2.05) is 0 Å². The normalized spacial score (nSPS) is 12.4. The molecule has 0 spiro atoms. The second-order valence-electron chi connectivity index (χ2n) is 1.14. The standard InChI is InChI=1S/CH4O8S.Mg.2H/c2-1(3,4)8-10(6,7)9-5;;;/h2-5H;;;/q;+2;2*-1. The van der Waals surface area contributed by atoms with Crippen LogP contribution in [0.1, 0.15) is 2.85 Å². The van der Waals surface area contributed by atoms with Crippen LogP contribution in [0.15, 0.2) is 0 Å². The van der Waals surface area contributed by atoms with Gasteiger partial charge in [-0.05, 0) is 0 Å². The van der Waals surface area contributed by atoms with Gasteiger partial charge in [0.1, 0.15) is 0 Å². The van der Waals surface area contributed by atoms with E-state index < -0.39 is 16.6 Å². The smallest absolute Gasteiger partial charge is 1.00 e. The van der Waals surface area contributed by atoms with Crippen LogP contribution in [-0.2, 0) is 18.9 Å². The molecule has 4 N–H and O–H groups in total. The number of aliphatic hydroxyl groups is 3. The molecule has 0 fully saturated rings. The topological polar surface area (TPSA) is 134 Å². The molecule has 0 heterocycles. The summed E-state index contributed by atoms with van der Waals surface area (Å²) in [4.78, 5) is 0. The van der Waals surface area contributed by atoms with Crippen LogP contribution in [0.3, 0.4) is 0 Å². The SMILES string of the molecule is O=S(=O)(OO)OC(O)(O)O.[H-].[H-].[Mg+2]. The second-order valence-corrected chi connectivity index (χ2v) is 2.27. The molecule has 0 aromatic rings. The number of hydrogen-bond donors (Lipinski definition) is 4. The minimum Gasteiger partial charge on any atom is -1.00 e. The Labute approximate surface area is 80.4 Å². The molecule has 66 valence electrons. The van der Waals surface area contributed by atoms with E-state index in [0.29, 0.717) is 0 Å². The van der Waals surface area contributed by atoms with Gasteiger partial charge in [0.15, 0.2) is 0 Å². The molecule has 0 amide bonds. The van der Waals surface area contributed by atoms with Gasteiger partial charge in [-0.25, -0.2) is 5.26 Å². The first-order valence-electron chi connectivity index (χ1n) is 1.72. The van der Waals surface area contributed by atoms with Gasteiger partial charge in [-0.15, -0.1) is 0 Å². The Morgan fingerprint density at radius 3 is 1.73 bits per heavy atom. The predicted octanol–water partition coefficient (Wildman–Crippen LogP) is -2.83. The van der Waals surface area contributed by atoms with Gasteiger partial charge < -0.3 is 18.2 Å². The van der Waals surface area contributed by atoms with Crippen LogP contribution in [0.2, 0.25) is 0 Å². The van der Waals surface area contributed by atoms with Crippen LogP contribution in [0.4, 0.5) is 0 Å². The third kappa shape index (κ3) is 8.38. The van der Waals surface area contributed by atoms with Crippen LogP contribution in [0.5, 0.6) is 0 Å². The van der Waals surface area contributed by atoms with Crippen molar-refractivity contribution in [3.8, 4) is 0 Å². The largest absolute Gasteiger partial charge is 2.00 e. The Hall–Kier alpha value is 0.476. The van der Waals surface area contributed by atoms with Crippen molar-refractivity contribution in [2.24, 2.45) is 0 Å². The summed E-state index contributed by atoms with van der Waals surface area (Å²) in [7, 11) is -4.97. The number of rotatable bonds is 3. The van der Waals surface area contributed by atoms with E-state index in [2.05, 4.69) is 8.52 Å². The van der Waals surface area contributed by atoms with Gasteiger partial charge in [-0.3, -0.25) is 0 Å². The van der Waals surface area contributed by atoms with Crippen molar-refractivity contribution in [1.82, 2.24) is 0 Å². The molecule has 0 radical (unpaired) electrons. The molecule has 8 nitrogen and oxygen atoms in total. The monoisotopic (exact) mass is 202 g/mol. The average Bonchev–Trinajstić information content (AvgIpc) is 1.60. The third-order valence-electron chi connectivity index (χ3n) is 0.305. The van der Waals surface area contributed by atoms with Gasteiger partial charge in [0.05, 0.1) is 0 Å². The van der Waals surface area contributed by atoms with E-state index in [1.54, 1.807) is 0 Å². The summed E-state index contributed by atoms with van der Waals surface area (Å²) in [5, 5.41) is 30.8. The third-order valence-corrected chi connectivity index (χ3v) is 0.915. The summed E-state index contributed by atoms with van der Waals surface area (Å²) in [6.07, 6.45) is -3.89. The van der Waals surface area contributed by atoms with Gasteiger partial charge in [0, 0.05) is 0 Å². The molecule has 11 heavy (non-hydrogen) atoms. The molecule has 0 rings (SSSR count). The van der Waals surface area contributed by atoms with Crippen molar-refractivity contribution in [3.63, 3.8) is 0 Å². The summed E-state index contributed by atoms with van der Waals surface area (Å²) < 4.78 is 25.2. The molecule has 0 unspecified atom stereocenters. The van der Waals surface area contributed by atoms with E-state index in [0.717, 1.165) is 0 Å². The van der Waals surface area contributed by atoms with Crippen LogP contribution in [-0.4, -0.2) is 58.2 Å². The van der Waals surface area contributed by atoms with E-state index in [4.69, 9.17) is 20.6 Å². The molecule has 0 bridgehead atoms. The zero-order chi connectivity index (χ0) is 8.41. The van der Waals surface area contributed by atoms with E-state index in [-0.39, 0.29) is 25.9 Å². The molecule has 0 aliphatic heterocycles. The molecule has 0 aliphatic rings. The Morgan fingerprint density at radius 1 is 1.27 bits per heavy atom. The van der Waals surface area contributed by atoms with Crippen molar-refractivity contribution in [2.45, 2.75) is 6.16 Å². The van der Waals surface area contributed by atoms with Crippen molar-refractivity contribution in [1.29, 1.82) is 0 Å². The summed E-state index contributed by atoms with van der Waals surface area (Å²) in [6.45, 7) is 0. The fourth-order valence-corrected chi connectivity index (χ4v) is 0.456. The molecular weight excluding hydrogens is 196 g/mol. The maximum atomic E-state index is 9.84. The van der Waals surface area contributed by atoms with E-state index in [1.165, 1.54) is 0 Å². The van der Waals surface area contributed by atoms with E-state index >= 15 is 0 Å². The van der Waals surface area contributed by atoms with Crippen molar-refractivity contribution >= 4 is 33.5 Å². The van der Waals surface area contributed by atoms with Crippen molar-refractivity contribution < 1.29 is 40.4 Å². The predicted molar refractivity (Wildman–Crippen MR) is 31.1 cm³/mol. The zero-order valence-electron chi connectivity index (χ0n) is 7.04.